The molecule has 0 bridgehead atoms. The van der Waals surface area contributed by atoms with Gasteiger partial charge in [-0.3, -0.25) is 4.79 Å². The molecule has 286 valence electrons. The molecule has 2 aromatic rings. The minimum atomic E-state index is -0.962. The minimum absolute atomic E-state index is 0.0548. The fourth-order valence-corrected chi connectivity index (χ4v) is 5.82. The van der Waals surface area contributed by atoms with Crippen LogP contribution in [0.2, 0.25) is 0 Å². The summed E-state index contributed by atoms with van der Waals surface area (Å²) < 4.78 is 27.7. The molecule has 0 saturated heterocycles. The highest BCUT2D eigenvalue weighted by Gasteiger charge is 2.34. The number of rotatable bonds is 17. The van der Waals surface area contributed by atoms with Crippen molar-refractivity contribution in [2.45, 2.75) is 149 Å². The van der Waals surface area contributed by atoms with Gasteiger partial charge in [0.25, 0.3) is 0 Å². The average molecular weight is 713 g/mol. The molecule has 3 N–H and O–H groups in total. The summed E-state index contributed by atoms with van der Waals surface area (Å²) in [5.74, 6) is -0.944. The smallest absolute Gasteiger partial charge is 0.407 e. The van der Waals surface area contributed by atoms with Gasteiger partial charge in [-0.1, -0.05) is 88.1 Å². The van der Waals surface area contributed by atoms with Crippen molar-refractivity contribution >= 4 is 18.0 Å². The van der Waals surface area contributed by atoms with E-state index in [9.17, 15) is 14.4 Å². The van der Waals surface area contributed by atoms with Gasteiger partial charge in [-0.05, 0) is 90.5 Å². The predicted octanol–water partition coefficient (Wildman–Crippen LogP) is 8.08. The van der Waals surface area contributed by atoms with Crippen LogP contribution in [-0.4, -0.2) is 73.3 Å². The molecule has 10 heteroatoms. The van der Waals surface area contributed by atoms with Crippen LogP contribution in [0.1, 0.15) is 125 Å². The van der Waals surface area contributed by atoms with Crippen molar-refractivity contribution in [3.63, 3.8) is 0 Å². The summed E-state index contributed by atoms with van der Waals surface area (Å²) in [4.78, 5) is 37.2. The van der Waals surface area contributed by atoms with Crippen LogP contribution in [0.5, 0.6) is 0 Å². The van der Waals surface area contributed by atoms with Crippen LogP contribution in [-0.2, 0) is 33.3 Å². The number of alkyl carbamates (subject to hydrolysis) is 1. The molecule has 0 heterocycles. The average Bonchev–Trinajstić information content (AvgIpc) is 3.38. The maximum atomic E-state index is 12.8. The number of benzene rings is 2. The maximum Gasteiger partial charge on any atom is 0.407 e. The third kappa shape index (κ3) is 15.3. The Balaban J connectivity index is 0.000000449. The van der Waals surface area contributed by atoms with Crippen molar-refractivity contribution < 1.29 is 38.1 Å². The van der Waals surface area contributed by atoms with Crippen LogP contribution in [0.15, 0.2) is 48.5 Å². The molecule has 0 aliphatic heterocycles. The van der Waals surface area contributed by atoms with Gasteiger partial charge in [0.2, 0.25) is 0 Å². The lowest BCUT2D eigenvalue weighted by molar-refractivity contribution is -0.154. The molecular formula is C41H64N2O8. The Morgan fingerprint density at radius 2 is 1.14 bits per heavy atom. The Bertz CT molecular complexity index is 1320. The summed E-state index contributed by atoms with van der Waals surface area (Å²) >= 11 is 0. The number of carbonyl (C=O) groups is 3. The molecular weight excluding hydrogens is 648 g/mol. The van der Waals surface area contributed by atoms with Crippen LogP contribution in [0.25, 0.3) is 11.1 Å². The van der Waals surface area contributed by atoms with Gasteiger partial charge in [0.05, 0.1) is 36.6 Å². The van der Waals surface area contributed by atoms with Gasteiger partial charge >= 0.3 is 18.0 Å². The van der Waals surface area contributed by atoms with Crippen LogP contribution >= 0.6 is 0 Å². The van der Waals surface area contributed by atoms with Crippen LogP contribution in [0.3, 0.4) is 0 Å². The van der Waals surface area contributed by atoms with Crippen molar-refractivity contribution in [3.8, 4) is 11.1 Å². The number of nitrogens with one attached hydrogen (secondary N) is 1. The number of nitrogens with two attached hydrogens (primary N) is 1. The van der Waals surface area contributed by atoms with Gasteiger partial charge in [0.15, 0.2) is 6.04 Å². The number of hydrogen-bond acceptors (Lipinski definition) is 9. The fourth-order valence-electron chi connectivity index (χ4n) is 5.82. The van der Waals surface area contributed by atoms with E-state index in [0.717, 1.165) is 60.8 Å². The summed E-state index contributed by atoms with van der Waals surface area (Å²) in [5, 5.41) is 2.69. The van der Waals surface area contributed by atoms with Gasteiger partial charge in [0.1, 0.15) is 12.6 Å². The topological polar surface area (TPSA) is 135 Å². The number of amides is 1. The molecule has 1 amide bonds. The van der Waals surface area contributed by atoms with Crippen LogP contribution in [0.4, 0.5) is 4.79 Å². The normalized spacial score (nSPS) is 14.9. The van der Waals surface area contributed by atoms with Gasteiger partial charge in [-0.2, -0.15) is 0 Å². The number of unbranched alkanes of at least 4 members (excludes halogenated alkanes) is 4. The first-order valence-corrected chi connectivity index (χ1v) is 18.5. The predicted molar refractivity (Wildman–Crippen MR) is 202 cm³/mol. The molecule has 1 aliphatic carbocycles. The van der Waals surface area contributed by atoms with E-state index in [1.54, 1.807) is 13.8 Å². The minimum Gasteiger partial charge on any atom is -0.464 e. The van der Waals surface area contributed by atoms with E-state index in [4.69, 9.17) is 29.4 Å². The van der Waals surface area contributed by atoms with E-state index in [0.29, 0.717) is 13.2 Å². The zero-order valence-corrected chi connectivity index (χ0v) is 32.7. The molecule has 1 aliphatic rings. The number of ether oxygens (including phenoxy) is 5. The zero-order chi connectivity index (χ0) is 38.2. The molecule has 2 unspecified atom stereocenters. The van der Waals surface area contributed by atoms with Crippen molar-refractivity contribution in [1.29, 1.82) is 0 Å². The Kier molecular flexibility index (Phi) is 18.1. The van der Waals surface area contributed by atoms with E-state index < -0.39 is 35.9 Å². The summed E-state index contributed by atoms with van der Waals surface area (Å²) in [6.45, 7) is 20.2. The highest BCUT2D eigenvalue weighted by atomic mass is 16.6. The fraction of sp³-hybridized carbons (Fsp3) is 0.634. The molecule has 10 nitrogen and oxygen atoms in total. The zero-order valence-electron chi connectivity index (χ0n) is 32.7. The SMILES string of the molecule is CCCCCOC(=O)[C@@H](N)C(C)OC(C)(C)C.CCCCCOC(=O)[C@@H](NC(=O)OCC1c2ccccc2-c2ccccc21)C(C)OC(C)(C)C. The first-order chi connectivity index (χ1) is 24.0. The summed E-state index contributed by atoms with van der Waals surface area (Å²) in [6, 6.07) is 14.6. The largest absolute Gasteiger partial charge is 0.464 e. The van der Waals surface area contributed by atoms with Gasteiger partial charge in [-0.25, -0.2) is 9.59 Å². The molecule has 0 spiro atoms. The Hall–Kier alpha value is -3.47. The number of fused-ring (bicyclic) bond motifs is 3. The van der Waals surface area contributed by atoms with E-state index in [1.807, 2.05) is 65.8 Å². The quantitative estimate of drug-likeness (QED) is 0.0948. The van der Waals surface area contributed by atoms with E-state index in [1.165, 1.54) is 0 Å². The number of hydrogen-bond donors (Lipinski definition) is 2. The highest BCUT2D eigenvalue weighted by molar-refractivity contribution is 5.82. The molecule has 0 saturated carbocycles. The van der Waals surface area contributed by atoms with Crippen molar-refractivity contribution in [3.05, 3.63) is 59.7 Å². The second-order valence-corrected chi connectivity index (χ2v) is 15.1. The Labute approximate surface area is 306 Å². The van der Waals surface area contributed by atoms with E-state index >= 15 is 0 Å². The number of carbonyl (C=O) groups excluding carboxylic acids is 3. The Morgan fingerprint density at radius 3 is 1.61 bits per heavy atom. The second kappa shape index (κ2) is 21.2. The van der Waals surface area contributed by atoms with E-state index in [2.05, 4.69) is 43.4 Å². The molecule has 3 rings (SSSR count). The van der Waals surface area contributed by atoms with Gasteiger partial charge in [0, 0.05) is 5.92 Å². The summed E-state index contributed by atoms with van der Waals surface area (Å²) in [7, 11) is 0. The first kappa shape index (κ1) is 43.7. The van der Waals surface area contributed by atoms with Crippen molar-refractivity contribution in [2.24, 2.45) is 5.73 Å². The highest BCUT2D eigenvalue weighted by Crippen LogP contribution is 2.44. The standard InChI is InChI=1S/C28H37NO5.C13H27NO3/c1-6-7-12-17-32-26(30)25(19(2)34-28(3,4)5)29-27(31)33-18-24-22-15-10-8-13-20(22)21-14-9-11-16-23(21)24;1-6-7-8-9-16-12(15)11(14)10(2)17-13(3,4)5/h8-11,13-16,19,24-25H,6-7,12,17-18H2,1-5H3,(H,29,31);10-11H,6-9,14H2,1-5H3/t19?,25-;10?,11-/m00/s1. The summed E-state index contributed by atoms with van der Waals surface area (Å²) in [5.41, 5.74) is 9.58. The van der Waals surface area contributed by atoms with Gasteiger partial charge < -0.3 is 34.7 Å². The molecule has 4 atom stereocenters. The first-order valence-electron chi connectivity index (χ1n) is 18.5. The third-order valence-corrected chi connectivity index (χ3v) is 8.18. The lowest BCUT2D eigenvalue weighted by atomic mass is 9.98. The molecule has 0 fully saturated rings. The van der Waals surface area contributed by atoms with Gasteiger partial charge in [-0.15, -0.1) is 0 Å². The van der Waals surface area contributed by atoms with Crippen molar-refractivity contribution in [1.82, 2.24) is 5.32 Å². The monoisotopic (exact) mass is 712 g/mol. The molecule has 0 radical (unpaired) electrons. The second-order valence-electron chi connectivity index (χ2n) is 15.1. The molecule has 2 aromatic carbocycles. The lowest BCUT2D eigenvalue weighted by Crippen LogP contribution is -2.51. The number of esters is 2. The van der Waals surface area contributed by atoms with Crippen molar-refractivity contribution in [2.75, 3.05) is 19.8 Å². The van der Waals surface area contributed by atoms with E-state index in [-0.39, 0.29) is 30.2 Å². The maximum absolute atomic E-state index is 12.8. The lowest BCUT2D eigenvalue weighted by Gasteiger charge is -2.30. The summed E-state index contributed by atoms with van der Waals surface area (Å²) in [6.07, 6.45) is 4.27. The molecule has 51 heavy (non-hydrogen) atoms. The van der Waals surface area contributed by atoms with Crippen LogP contribution in [0, 0.1) is 0 Å². The molecule has 0 aromatic heterocycles. The van der Waals surface area contributed by atoms with Crippen LogP contribution < -0.4 is 11.1 Å². The Morgan fingerprint density at radius 1 is 0.686 bits per heavy atom. The third-order valence-electron chi connectivity index (χ3n) is 8.18.